The Hall–Kier alpha value is -1.65. The molecular weight excluding hydrogens is 187 g/mol. The minimum atomic E-state index is -0.748. The molecule has 0 spiro atoms. The maximum Gasteiger partial charge on any atom is 0.267 e. The van der Waals surface area contributed by atoms with E-state index in [2.05, 4.69) is 4.98 Å². The Bertz CT molecular complexity index is 377. The highest BCUT2D eigenvalue weighted by molar-refractivity contribution is 5.90. The number of rotatable bonds is 3. The van der Waals surface area contributed by atoms with Crippen LogP contribution < -0.4 is 10.5 Å². The first-order valence-corrected chi connectivity index (χ1v) is 4.29. The van der Waals surface area contributed by atoms with Crippen molar-refractivity contribution in [2.45, 2.75) is 18.9 Å². The maximum absolute atomic E-state index is 13.2. The number of ether oxygens (including phenoxy) is 1. The molecule has 1 aromatic heterocycles. The van der Waals surface area contributed by atoms with Crippen molar-refractivity contribution in [3.63, 3.8) is 0 Å². The molecule has 74 valence electrons. The van der Waals surface area contributed by atoms with E-state index in [1.165, 1.54) is 6.20 Å². The van der Waals surface area contributed by atoms with Gasteiger partial charge in [0.25, 0.3) is 5.91 Å². The van der Waals surface area contributed by atoms with Gasteiger partial charge in [0, 0.05) is 6.07 Å². The number of carbonyl (C=O) groups is 1. The Labute approximate surface area is 79.9 Å². The molecule has 2 rings (SSSR count). The Morgan fingerprint density at radius 3 is 2.86 bits per heavy atom. The Balaban J connectivity index is 2.21. The summed E-state index contributed by atoms with van der Waals surface area (Å²) in [7, 11) is 0. The lowest BCUT2D eigenvalue weighted by atomic mass is 10.3. The normalized spacial score (nSPS) is 15.2. The second-order valence-electron chi connectivity index (χ2n) is 3.18. The quantitative estimate of drug-likeness (QED) is 0.779. The van der Waals surface area contributed by atoms with E-state index in [9.17, 15) is 9.18 Å². The highest BCUT2D eigenvalue weighted by Gasteiger charge is 2.25. The summed E-state index contributed by atoms with van der Waals surface area (Å²) in [6.07, 6.45) is 3.17. The van der Waals surface area contributed by atoms with Gasteiger partial charge in [-0.1, -0.05) is 0 Å². The van der Waals surface area contributed by atoms with Gasteiger partial charge in [0.15, 0.2) is 11.6 Å². The molecule has 1 amide bonds. The molecule has 0 saturated heterocycles. The minimum absolute atomic E-state index is 0.0810. The molecule has 1 heterocycles. The van der Waals surface area contributed by atoms with E-state index in [1.54, 1.807) is 0 Å². The Kier molecular flexibility index (Phi) is 2.07. The van der Waals surface area contributed by atoms with E-state index in [0.717, 1.165) is 18.9 Å². The molecule has 0 aliphatic heterocycles. The fourth-order valence-electron chi connectivity index (χ4n) is 1.01. The van der Waals surface area contributed by atoms with E-state index < -0.39 is 11.7 Å². The number of halogens is 1. The summed E-state index contributed by atoms with van der Waals surface area (Å²) in [5, 5.41) is 0. The van der Waals surface area contributed by atoms with Crippen LogP contribution in [0.4, 0.5) is 4.39 Å². The zero-order chi connectivity index (χ0) is 10.1. The van der Waals surface area contributed by atoms with Gasteiger partial charge in [-0.15, -0.1) is 0 Å². The van der Waals surface area contributed by atoms with Crippen LogP contribution in [-0.4, -0.2) is 17.0 Å². The molecule has 0 bridgehead atoms. The second kappa shape index (κ2) is 3.25. The number of hydrogen-bond donors (Lipinski definition) is 1. The first-order valence-electron chi connectivity index (χ1n) is 4.29. The number of nitrogens with two attached hydrogens (primary N) is 1. The highest BCUT2D eigenvalue weighted by atomic mass is 19.1. The van der Waals surface area contributed by atoms with E-state index >= 15 is 0 Å². The van der Waals surface area contributed by atoms with Gasteiger partial charge in [0.2, 0.25) is 0 Å². The largest absolute Gasteiger partial charge is 0.486 e. The molecular formula is C9H9FN2O2. The summed E-state index contributed by atoms with van der Waals surface area (Å²) in [5.41, 5.74) is 4.85. The van der Waals surface area contributed by atoms with Crippen LogP contribution in [0.25, 0.3) is 0 Å². The predicted octanol–water partition coefficient (Wildman–Crippen LogP) is 0.861. The van der Waals surface area contributed by atoms with Gasteiger partial charge in [-0.05, 0) is 12.8 Å². The van der Waals surface area contributed by atoms with Crippen molar-refractivity contribution in [2.75, 3.05) is 0 Å². The summed E-state index contributed by atoms with van der Waals surface area (Å²) < 4.78 is 18.4. The maximum atomic E-state index is 13.2. The van der Waals surface area contributed by atoms with Crippen molar-refractivity contribution in [3.8, 4) is 5.75 Å². The van der Waals surface area contributed by atoms with E-state index in [1.807, 2.05) is 0 Å². The van der Waals surface area contributed by atoms with Crippen molar-refractivity contribution in [1.29, 1.82) is 0 Å². The molecule has 0 aromatic carbocycles. The fraction of sp³-hybridized carbons (Fsp3) is 0.333. The molecule has 0 atom stereocenters. The average Bonchev–Trinajstić information content (AvgIpc) is 2.92. The first-order chi connectivity index (χ1) is 6.66. The van der Waals surface area contributed by atoms with E-state index in [0.29, 0.717) is 0 Å². The number of pyridine rings is 1. The Morgan fingerprint density at radius 2 is 2.36 bits per heavy atom. The van der Waals surface area contributed by atoms with E-state index in [4.69, 9.17) is 10.5 Å². The summed E-state index contributed by atoms with van der Waals surface area (Å²) >= 11 is 0. The molecule has 1 aromatic rings. The molecule has 1 fully saturated rings. The standard InChI is InChI=1S/C9H9FN2O2/c10-6-3-7(9(11)13)12-4-8(6)14-5-1-2-5/h3-5H,1-2H2,(H2,11,13). The number of primary amides is 1. The summed E-state index contributed by atoms with van der Waals surface area (Å²) in [5.74, 6) is -1.26. The molecule has 1 saturated carbocycles. The van der Waals surface area contributed by atoms with Gasteiger partial charge in [0.05, 0.1) is 12.3 Å². The zero-order valence-corrected chi connectivity index (χ0v) is 7.37. The molecule has 1 aliphatic carbocycles. The van der Waals surface area contributed by atoms with Crippen molar-refractivity contribution < 1.29 is 13.9 Å². The highest BCUT2D eigenvalue weighted by Crippen LogP contribution is 2.27. The number of aromatic nitrogens is 1. The van der Waals surface area contributed by atoms with Crippen LogP contribution in [0, 0.1) is 5.82 Å². The van der Waals surface area contributed by atoms with Crippen molar-refractivity contribution in [1.82, 2.24) is 4.98 Å². The molecule has 1 aliphatic rings. The number of nitrogens with zero attached hydrogens (tertiary/aromatic N) is 1. The monoisotopic (exact) mass is 196 g/mol. The Morgan fingerprint density at radius 1 is 1.64 bits per heavy atom. The molecule has 0 unspecified atom stereocenters. The third-order valence-corrected chi connectivity index (χ3v) is 1.89. The molecule has 4 nitrogen and oxygen atoms in total. The lowest BCUT2D eigenvalue weighted by Crippen LogP contribution is -2.13. The first kappa shape index (κ1) is 8.93. The van der Waals surface area contributed by atoms with Crippen LogP contribution in [0.3, 0.4) is 0 Å². The van der Waals surface area contributed by atoms with E-state index in [-0.39, 0.29) is 17.5 Å². The third-order valence-electron chi connectivity index (χ3n) is 1.89. The fourth-order valence-corrected chi connectivity index (χ4v) is 1.01. The van der Waals surface area contributed by atoms with Crippen LogP contribution in [-0.2, 0) is 0 Å². The van der Waals surface area contributed by atoms with Crippen LogP contribution >= 0.6 is 0 Å². The van der Waals surface area contributed by atoms with Gasteiger partial charge in [-0.25, -0.2) is 9.37 Å². The van der Waals surface area contributed by atoms with Gasteiger partial charge >= 0.3 is 0 Å². The molecule has 14 heavy (non-hydrogen) atoms. The summed E-state index contributed by atoms with van der Waals surface area (Å²) in [4.78, 5) is 14.3. The molecule has 2 N–H and O–H groups in total. The number of carbonyl (C=O) groups excluding carboxylic acids is 1. The van der Waals surface area contributed by atoms with Gasteiger partial charge in [-0.2, -0.15) is 0 Å². The topological polar surface area (TPSA) is 65.2 Å². The van der Waals surface area contributed by atoms with Crippen LogP contribution in [0.2, 0.25) is 0 Å². The number of amides is 1. The van der Waals surface area contributed by atoms with Gasteiger partial charge in [-0.3, -0.25) is 4.79 Å². The lowest BCUT2D eigenvalue weighted by Gasteiger charge is -2.04. The van der Waals surface area contributed by atoms with Gasteiger partial charge < -0.3 is 10.5 Å². The zero-order valence-electron chi connectivity index (χ0n) is 7.37. The number of hydrogen-bond acceptors (Lipinski definition) is 3. The molecule has 0 radical (unpaired) electrons. The van der Waals surface area contributed by atoms with Crippen molar-refractivity contribution in [2.24, 2.45) is 5.73 Å². The second-order valence-corrected chi connectivity index (χ2v) is 3.18. The van der Waals surface area contributed by atoms with Crippen molar-refractivity contribution in [3.05, 3.63) is 23.8 Å². The average molecular weight is 196 g/mol. The van der Waals surface area contributed by atoms with Crippen LogP contribution in [0.5, 0.6) is 5.75 Å². The SMILES string of the molecule is NC(=O)c1cc(F)c(OC2CC2)cn1. The minimum Gasteiger partial charge on any atom is -0.486 e. The smallest absolute Gasteiger partial charge is 0.267 e. The predicted molar refractivity (Wildman–Crippen MR) is 46.4 cm³/mol. The summed E-state index contributed by atoms with van der Waals surface area (Å²) in [6.45, 7) is 0. The summed E-state index contributed by atoms with van der Waals surface area (Å²) in [6, 6.07) is 0.986. The van der Waals surface area contributed by atoms with Crippen LogP contribution in [0.1, 0.15) is 23.3 Å². The van der Waals surface area contributed by atoms with Gasteiger partial charge in [0.1, 0.15) is 5.69 Å². The molecule has 5 heteroatoms. The lowest BCUT2D eigenvalue weighted by molar-refractivity contribution is 0.0995. The van der Waals surface area contributed by atoms with Crippen LogP contribution in [0.15, 0.2) is 12.3 Å². The third kappa shape index (κ3) is 1.81. The van der Waals surface area contributed by atoms with Crippen molar-refractivity contribution >= 4 is 5.91 Å².